The number of amides is 1. The number of rotatable bonds is 7. The Kier molecular flexibility index (Phi) is 6.81. The van der Waals surface area contributed by atoms with E-state index in [1.165, 1.54) is 43.1 Å². The number of esters is 1. The van der Waals surface area contributed by atoms with Crippen LogP contribution in [0.15, 0.2) is 35.4 Å². The number of ether oxygens (including phenoxy) is 1. The Hall–Kier alpha value is -2.43. The maximum Gasteiger partial charge on any atom is 0.354 e. The highest BCUT2D eigenvalue weighted by Crippen LogP contribution is 2.20. The third-order valence-electron chi connectivity index (χ3n) is 3.74. The minimum atomic E-state index is -4.03. The molecule has 1 amide bonds. The fraction of sp³-hybridized carbons (Fsp3) is 0.294. The molecule has 1 heterocycles. The zero-order chi connectivity index (χ0) is 21.1. The highest BCUT2D eigenvalue weighted by atomic mass is 35.5. The van der Waals surface area contributed by atoms with Crippen molar-refractivity contribution in [2.75, 3.05) is 25.5 Å². The number of aryl methyl sites for hydroxylation is 1. The van der Waals surface area contributed by atoms with Crippen LogP contribution < -0.4 is 5.32 Å². The molecular weight excluding hydrogens is 413 g/mol. The van der Waals surface area contributed by atoms with Crippen LogP contribution in [0.25, 0.3) is 0 Å². The molecule has 8 nitrogen and oxygen atoms in total. The summed E-state index contributed by atoms with van der Waals surface area (Å²) in [4.78, 5) is 23.8. The number of hydrogen-bond acceptors (Lipinski definition) is 5. The number of benzene rings is 1. The highest BCUT2D eigenvalue weighted by Gasteiger charge is 2.26. The van der Waals surface area contributed by atoms with E-state index < -0.39 is 34.3 Å². The average molecular weight is 432 g/mol. The summed E-state index contributed by atoms with van der Waals surface area (Å²) in [5.41, 5.74) is 0.297. The molecule has 0 fully saturated rings. The molecule has 0 bridgehead atoms. The monoisotopic (exact) mass is 431 g/mol. The summed E-state index contributed by atoms with van der Waals surface area (Å²) < 4.78 is 45.6. The van der Waals surface area contributed by atoms with Gasteiger partial charge < -0.3 is 14.6 Å². The predicted octanol–water partition coefficient (Wildman–Crippen LogP) is 2.25. The van der Waals surface area contributed by atoms with E-state index in [1.807, 2.05) is 0 Å². The summed E-state index contributed by atoms with van der Waals surface area (Å²) in [7, 11) is -1.30. The lowest BCUT2D eigenvalue weighted by Gasteiger charge is -2.16. The van der Waals surface area contributed by atoms with Crippen molar-refractivity contribution in [2.45, 2.75) is 11.8 Å². The van der Waals surface area contributed by atoms with E-state index >= 15 is 0 Å². The molecule has 1 N–H and O–H groups in total. The second-order valence-electron chi connectivity index (χ2n) is 5.83. The van der Waals surface area contributed by atoms with Crippen LogP contribution in [0.4, 0.5) is 10.1 Å². The van der Waals surface area contributed by atoms with Crippen LogP contribution in [0.3, 0.4) is 0 Å². The number of aromatic nitrogens is 1. The Balaban J connectivity index is 2.13. The van der Waals surface area contributed by atoms with Crippen LogP contribution in [-0.4, -0.2) is 49.4 Å². The van der Waals surface area contributed by atoms with Gasteiger partial charge in [0.15, 0.2) is 0 Å². The average Bonchev–Trinajstić information content (AvgIpc) is 3.01. The van der Waals surface area contributed by atoms with E-state index in [4.69, 9.17) is 16.3 Å². The van der Waals surface area contributed by atoms with Gasteiger partial charge in [-0.05, 0) is 31.2 Å². The summed E-state index contributed by atoms with van der Waals surface area (Å²) in [5.74, 6) is -1.93. The van der Waals surface area contributed by atoms with Gasteiger partial charge in [-0.3, -0.25) is 4.79 Å². The quantitative estimate of drug-likeness (QED) is 0.678. The number of nitrogens with zero attached hydrogens (tertiary/aromatic N) is 2. The maximum atomic E-state index is 13.2. The van der Waals surface area contributed by atoms with E-state index in [9.17, 15) is 22.4 Å². The Bertz CT molecular complexity index is 1010. The number of nitrogens with one attached hydrogen (secondary N) is 1. The van der Waals surface area contributed by atoms with E-state index in [0.717, 1.165) is 10.4 Å². The van der Waals surface area contributed by atoms with Gasteiger partial charge >= 0.3 is 5.97 Å². The highest BCUT2D eigenvalue weighted by molar-refractivity contribution is 7.89. The van der Waals surface area contributed by atoms with Crippen LogP contribution in [-0.2, 0) is 26.6 Å². The molecule has 0 unspecified atom stereocenters. The molecule has 0 aliphatic rings. The summed E-state index contributed by atoms with van der Waals surface area (Å²) in [6.45, 7) is 1.29. The zero-order valence-corrected chi connectivity index (χ0v) is 17.0. The molecule has 0 atom stereocenters. The molecule has 2 aromatic rings. The number of anilines is 1. The Morgan fingerprint density at radius 1 is 1.32 bits per heavy atom. The van der Waals surface area contributed by atoms with Crippen LogP contribution in [0.5, 0.6) is 0 Å². The molecule has 2 rings (SSSR count). The van der Waals surface area contributed by atoms with E-state index in [-0.39, 0.29) is 27.9 Å². The van der Waals surface area contributed by atoms with E-state index in [2.05, 4.69) is 5.32 Å². The molecule has 0 aliphatic heterocycles. The molecule has 1 aromatic heterocycles. The second kappa shape index (κ2) is 8.72. The fourth-order valence-corrected chi connectivity index (χ4v) is 3.70. The predicted molar refractivity (Wildman–Crippen MR) is 101 cm³/mol. The lowest BCUT2D eigenvalue weighted by atomic mass is 10.3. The van der Waals surface area contributed by atoms with Gasteiger partial charge in [-0.1, -0.05) is 11.6 Å². The molecule has 0 radical (unpaired) electrons. The van der Waals surface area contributed by atoms with Crippen molar-refractivity contribution >= 4 is 39.2 Å². The van der Waals surface area contributed by atoms with Crippen LogP contribution in [0.1, 0.15) is 17.4 Å². The van der Waals surface area contributed by atoms with Gasteiger partial charge in [0, 0.05) is 26.0 Å². The van der Waals surface area contributed by atoms with Crippen molar-refractivity contribution < 1.29 is 27.1 Å². The number of carbonyl (C=O) groups excluding carboxylic acids is 2. The topological polar surface area (TPSA) is 97.7 Å². The van der Waals surface area contributed by atoms with Crippen LogP contribution in [0.2, 0.25) is 5.02 Å². The van der Waals surface area contributed by atoms with Crippen molar-refractivity contribution in [3.8, 4) is 0 Å². The summed E-state index contributed by atoms with van der Waals surface area (Å²) >= 11 is 5.65. The minimum absolute atomic E-state index is 0.0687. The van der Waals surface area contributed by atoms with E-state index in [0.29, 0.717) is 0 Å². The maximum absolute atomic E-state index is 13.2. The number of likely N-dealkylation sites (N-methyl/N-ethyl adjacent to an activating group) is 1. The van der Waals surface area contributed by atoms with Gasteiger partial charge in [0.2, 0.25) is 15.9 Å². The molecule has 0 spiro atoms. The van der Waals surface area contributed by atoms with Crippen molar-refractivity contribution in [2.24, 2.45) is 7.05 Å². The molecule has 1 aromatic carbocycles. The van der Waals surface area contributed by atoms with Gasteiger partial charge in [-0.2, -0.15) is 4.31 Å². The number of halogens is 2. The number of sulfonamides is 1. The molecule has 28 heavy (non-hydrogen) atoms. The number of carbonyl (C=O) groups is 2. The van der Waals surface area contributed by atoms with Crippen molar-refractivity contribution in [1.82, 2.24) is 8.87 Å². The van der Waals surface area contributed by atoms with E-state index in [1.54, 1.807) is 6.92 Å². The van der Waals surface area contributed by atoms with Gasteiger partial charge in [-0.15, -0.1) is 0 Å². The summed E-state index contributed by atoms with van der Waals surface area (Å²) in [5, 5.41) is 2.27. The molecular formula is C17H19ClFN3O5S. The Morgan fingerprint density at radius 2 is 2.00 bits per heavy atom. The van der Waals surface area contributed by atoms with Crippen molar-refractivity contribution in [1.29, 1.82) is 0 Å². The molecule has 0 saturated carbocycles. The van der Waals surface area contributed by atoms with Crippen molar-refractivity contribution in [3.63, 3.8) is 0 Å². The first-order chi connectivity index (χ1) is 13.1. The van der Waals surface area contributed by atoms with Gasteiger partial charge in [0.05, 0.1) is 18.2 Å². The van der Waals surface area contributed by atoms with Gasteiger partial charge in [0.25, 0.3) is 0 Å². The second-order valence-corrected chi connectivity index (χ2v) is 8.28. The third kappa shape index (κ3) is 4.89. The fourth-order valence-electron chi connectivity index (χ4n) is 2.32. The summed E-state index contributed by atoms with van der Waals surface area (Å²) in [6, 6.07) is 4.78. The normalized spacial score (nSPS) is 11.5. The van der Waals surface area contributed by atoms with Crippen LogP contribution in [0, 0.1) is 5.82 Å². The summed E-state index contributed by atoms with van der Waals surface area (Å²) in [6.07, 6.45) is 1.26. The lowest BCUT2D eigenvalue weighted by Crippen LogP contribution is -2.34. The standard InChI is InChI=1S/C17H19ClFN3O5S/c1-4-27-17(24)15-8-12(9-21(15)2)28(25,26)22(3)10-16(23)20-11-5-6-14(19)13(18)7-11/h5-9H,4,10H2,1-3H3,(H,20,23). The largest absolute Gasteiger partial charge is 0.461 e. The molecule has 0 saturated heterocycles. The van der Waals surface area contributed by atoms with Gasteiger partial charge in [0.1, 0.15) is 16.4 Å². The first-order valence-electron chi connectivity index (χ1n) is 8.11. The third-order valence-corrected chi connectivity index (χ3v) is 5.80. The molecule has 0 aliphatic carbocycles. The first kappa shape index (κ1) is 21.9. The van der Waals surface area contributed by atoms with Crippen LogP contribution >= 0.6 is 11.6 Å². The molecule has 11 heteroatoms. The zero-order valence-electron chi connectivity index (χ0n) is 15.4. The Labute approximate surface area is 166 Å². The van der Waals surface area contributed by atoms with Crippen molar-refractivity contribution in [3.05, 3.63) is 47.0 Å². The number of hydrogen-bond donors (Lipinski definition) is 1. The molecule has 152 valence electrons. The SMILES string of the molecule is CCOC(=O)c1cc(S(=O)(=O)N(C)CC(=O)Nc2ccc(F)c(Cl)c2)cn1C. The smallest absolute Gasteiger partial charge is 0.354 e. The lowest BCUT2D eigenvalue weighted by molar-refractivity contribution is -0.116. The Morgan fingerprint density at radius 3 is 2.61 bits per heavy atom. The minimum Gasteiger partial charge on any atom is -0.461 e. The first-order valence-corrected chi connectivity index (χ1v) is 9.92. The van der Waals surface area contributed by atoms with Gasteiger partial charge in [-0.25, -0.2) is 17.6 Å².